The first kappa shape index (κ1) is 16.3. The quantitative estimate of drug-likeness (QED) is 0.938. The summed E-state index contributed by atoms with van der Waals surface area (Å²) in [7, 11) is 1.36. The van der Waals surface area contributed by atoms with Crippen molar-refractivity contribution in [3.05, 3.63) is 60.2 Å². The van der Waals surface area contributed by atoms with E-state index in [1.807, 2.05) is 24.3 Å². The zero-order valence-corrected chi connectivity index (χ0v) is 13.9. The van der Waals surface area contributed by atoms with Gasteiger partial charge in [0.1, 0.15) is 0 Å². The summed E-state index contributed by atoms with van der Waals surface area (Å²) in [5.74, 6) is 0. The van der Waals surface area contributed by atoms with Crippen molar-refractivity contribution >= 4 is 17.5 Å². The Hall–Kier alpha value is -2.53. The molecule has 0 saturated carbocycles. The maximum atomic E-state index is 11.2. The predicted octanol–water partition coefficient (Wildman–Crippen LogP) is 3.19. The Morgan fingerprint density at radius 1 is 1.00 bits per heavy atom. The summed E-state index contributed by atoms with van der Waals surface area (Å²) in [6.45, 7) is 5.14. The molecule has 0 aliphatic carbocycles. The molecular weight excluding hydrogens is 302 g/mol. The lowest BCUT2D eigenvalue weighted by atomic mass is 10.2. The zero-order chi connectivity index (χ0) is 16.8. The monoisotopic (exact) mass is 325 g/mol. The van der Waals surface area contributed by atoms with E-state index in [2.05, 4.69) is 50.2 Å². The maximum Gasteiger partial charge on any atom is 0.411 e. The van der Waals surface area contributed by atoms with Crippen molar-refractivity contribution in [2.75, 3.05) is 43.5 Å². The van der Waals surface area contributed by atoms with Gasteiger partial charge in [0, 0.05) is 44.1 Å². The highest BCUT2D eigenvalue weighted by atomic mass is 16.5. The molecule has 2 aromatic rings. The molecule has 1 amide bonds. The number of nitrogens with zero attached hydrogens (tertiary/aromatic N) is 2. The summed E-state index contributed by atoms with van der Waals surface area (Å²) in [4.78, 5) is 16.1. The third-order valence-electron chi connectivity index (χ3n) is 4.29. The van der Waals surface area contributed by atoms with E-state index in [4.69, 9.17) is 0 Å². The van der Waals surface area contributed by atoms with Crippen LogP contribution >= 0.6 is 0 Å². The van der Waals surface area contributed by atoms with Gasteiger partial charge in [-0.3, -0.25) is 10.2 Å². The number of hydrogen-bond acceptors (Lipinski definition) is 4. The number of piperazine rings is 1. The summed E-state index contributed by atoms with van der Waals surface area (Å²) >= 11 is 0. The third-order valence-corrected chi connectivity index (χ3v) is 4.29. The lowest BCUT2D eigenvalue weighted by Crippen LogP contribution is -2.45. The number of ether oxygens (including phenoxy) is 1. The first-order valence-electron chi connectivity index (χ1n) is 8.21. The van der Waals surface area contributed by atoms with E-state index in [1.54, 1.807) is 0 Å². The van der Waals surface area contributed by atoms with Crippen molar-refractivity contribution < 1.29 is 9.53 Å². The van der Waals surface area contributed by atoms with E-state index in [-0.39, 0.29) is 0 Å². The van der Waals surface area contributed by atoms with Gasteiger partial charge in [-0.1, -0.05) is 30.3 Å². The summed E-state index contributed by atoms with van der Waals surface area (Å²) in [6, 6.07) is 18.5. The summed E-state index contributed by atoms with van der Waals surface area (Å²) < 4.78 is 4.60. The summed E-state index contributed by atoms with van der Waals surface area (Å²) in [5, 5.41) is 2.67. The molecule has 0 unspecified atom stereocenters. The predicted molar refractivity (Wildman–Crippen MR) is 96.4 cm³/mol. The largest absolute Gasteiger partial charge is 0.453 e. The van der Waals surface area contributed by atoms with Gasteiger partial charge >= 0.3 is 6.09 Å². The molecule has 126 valence electrons. The number of rotatable bonds is 4. The van der Waals surface area contributed by atoms with E-state index in [1.165, 1.54) is 18.4 Å². The first-order valence-corrected chi connectivity index (χ1v) is 8.21. The minimum Gasteiger partial charge on any atom is -0.453 e. The molecule has 0 radical (unpaired) electrons. The highest BCUT2D eigenvalue weighted by molar-refractivity contribution is 5.84. The molecule has 0 bridgehead atoms. The Balaban J connectivity index is 1.52. The van der Waals surface area contributed by atoms with E-state index in [9.17, 15) is 4.79 Å². The Labute approximate surface area is 142 Å². The number of carbonyl (C=O) groups is 1. The second kappa shape index (κ2) is 7.84. The second-order valence-corrected chi connectivity index (χ2v) is 5.91. The Bertz CT molecular complexity index is 650. The van der Waals surface area contributed by atoms with Gasteiger partial charge in [-0.2, -0.15) is 0 Å². The summed E-state index contributed by atoms with van der Waals surface area (Å²) in [5.41, 5.74) is 3.29. The Kier molecular flexibility index (Phi) is 5.33. The Morgan fingerprint density at radius 3 is 2.29 bits per heavy atom. The van der Waals surface area contributed by atoms with Gasteiger partial charge in [0.15, 0.2) is 0 Å². The maximum absolute atomic E-state index is 11.2. The number of carbonyl (C=O) groups excluding carboxylic acids is 1. The molecule has 1 saturated heterocycles. The van der Waals surface area contributed by atoms with Crippen LogP contribution in [-0.2, 0) is 11.3 Å². The average Bonchev–Trinajstić information content (AvgIpc) is 2.64. The van der Waals surface area contributed by atoms with E-state index in [0.29, 0.717) is 0 Å². The van der Waals surface area contributed by atoms with Gasteiger partial charge in [0.25, 0.3) is 0 Å². The van der Waals surface area contributed by atoms with Crippen LogP contribution < -0.4 is 10.2 Å². The van der Waals surface area contributed by atoms with Crippen LogP contribution in [0.5, 0.6) is 0 Å². The lowest BCUT2D eigenvalue weighted by Gasteiger charge is -2.36. The molecule has 24 heavy (non-hydrogen) atoms. The fourth-order valence-electron chi connectivity index (χ4n) is 2.93. The van der Waals surface area contributed by atoms with Gasteiger partial charge < -0.3 is 9.64 Å². The highest BCUT2D eigenvalue weighted by Gasteiger charge is 2.17. The smallest absolute Gasteiger partial charge is 0.411 e. The van der Waals surface area contributed by atoms with Gasteiger partial charge in [0.2, 0.25) is 0 Å². The highest BCUT2D eigenvalue weighted by Crippen LogP contribution is 2.20. The molecule has 1 heterocycles. The first-order chi connectivity index (χ1) is 11.7. The number of amides is 1. The Morgan fingerprint density at radius 2 is 1.67 bits per heavy atom. The minimum absolute atomic E-state index is 0.447. The normalized spacial score (nSPS) is 15.1. The van der Waals surface area contributed by atoms with Crippen LogP contribution in [0.3, 0.4) is 0 Å². The lowest BCUT2D eigenvalue weighted by molar-refractivity contribution is 0.187. The van der Waals surface area contributed by atoms with E-state index < -0.39 is 6.09 Å². The van der Waals surface area contributed by atoms with Gasteiger partial charge in [-0.15, -0.1) is 0 Å². The molecule has 0 spiro atoms. The van der Waals surface area contributed by atoms with Gasteiger partial charge in [-0.05, 0) is 29.8 Å². The molecule has 0 aromatic heterocycles. The van der Waals surface area contributed by atoms with Crippen LogP contribution in [0.2, 0.25) is 0 Å². The van der Waals surface area contributed by atoms with Crippen molar-refractivity contribution in [3.8, 4) is 0 Å². The van der Waals surface area contributed by atoms with Gasteiger partial charge in [0.05, 0.1) is 7.11 Å². The van der Waals surface area contributed by atoms with Crippen LogP contribution in [-0.4, -0.2) is 44.3 Å². The number of nitrogens with one attached hydrogen (secondary N) is 1. The molecular formula is C19H23N3O2. The number of hydrogen-bond donors (Lipinski definition) is 1. The van der Waals surface area contributed by atoms with E-state index in [0.717, 1.165) is 38.4 Å². The molecule has 1 N–H and O–H groups in total. The van der Waals surface area contributed by atoms with Crippen molar-refractivity contribution in [3.63, 3.8) is 0 Å². The standard InChI is InChI=1S/C19H23N3O2/c1-24-19(23)20-17-7-9-18(10-8-17)22-13-11-21(12-14-22)15-16-5-3-2-4-6-16/h2-10H,11-15H2,1H3,(H,20,23). The summed E-state index contributed by atoms with van der Waals surface area (Å²) in [6.07, 6.45) is -0.447. The molecule has 1 aliphatic rings. The molecule has 1 fully saturated rings. The molecule has 0 atom stereocenters. The average molecular weight is 325 g/mol. The molecule has 5 nitrogen and oxygen atoms in total. The third kappa shape index (κ3) is 4.26. The zero-order valence-electron chi connectivity index (χ0n) is 13.9. The van der Waals surface area contributed by atoms with Crippen LogP contribution in [0.4, 0.5) is 16.2 Å². The SMILES string of the molecule is COC(=O)Nc1ccc(N2CCN(Cc3ccccc3)CC2)cc1. The van der Waals surface area contributed by atoms with E-state index >= 15 is 0 Å². The fraction of sp³-hybridized carbons (Fsp3) is 0.316. The van der Waals surface area contributed by atoms with Gasteiger partial charge in [-0.25, -0.2) is 4.79 Å². The molecule has 3 rings (SSSR count). The van der Waals surface area contributed by atoms with Crippen molar-refractivity contribution in [1.29, 1.82) is 0 Å². The molecule has 5 heteroatoms. The number of anilines is 2. The second-order valence-electron chi connectivity index (χ2n) is 5.91. The molecule has 1 aliphatic heterocycles. The number of benzene rings is 2. The van der Waals surface area contributed by atoms with Crippen LogP contribution in [0.25, 0.3) is 0 Å². The number of methoxy groups -OCH3 is 1. The van der Waals surface area contributed by atoms with Crippen LogP contribution in [0.15, 0.2) is 54.6 Å². The van der Waals surface area contributed by atoms with Crippen molar-refractivity contribution in [1.82, 2.24) is 4.90 Å². The van der Waals surface area contributed by atoms with Crippen molar-refractivity contribution in [2.24, 2.45) is 0 Å². The van der Waals surface area contributed by atoms with Crippen LogP contribution in [0.1, 0.15) is 5.56 Å². The molecule has 2 aromatic carbocycles. The minimum atomic E-state index is -0.447. The topological polar surface area (TPSA) is 44.8 Å². The van der Waals surface area contributed by atoms with Crippen molar-refractivity contribution in [2.45, 2.75) is 6.54 Å². The van der Waals surface area contributed by atoms with Crippen LogP contribution in [0, 0.1) is 0 Å². The fourth-order valence-corrected chi connectivity index (χ4v) is 2.93.